The molecule has 3 nitrogen and oxygen atoms in total. The van der Waals surface area contributed by atoms with Gasteiger partial charge in [-0.05, 0) is 69.7 Å². The average molecular weight is 397 g/mol. The van der Waals surface area contributed by atoms with Crippen LogP contribution in [0.2, 0.25) is 4.34 Å². The fraction of sp³-hybridized carbons (Fsp3) is 0.810. The zero-order valence-electron chi connectivity index (χ0n) is 15.9. The molecule has 3 fully saturated rings. The molecule has 1 atom stereocenters. The van der Waals surface area contributed by atoms with Gasteiger partial charge in [0.1, 0.15) is 0 Å². The number of ether oxygens (including phenoxy) is 1. The van der Waals surface area contributed by atoms with Crippen molar-refractivity contribution in [1.29, 1.82) is 0 Å². The SMILES string of the molecule is Clc1ccc(CN(CC2CCN(C3CCCC3)CC2)CC2CCCO2)s1. The Balaban J connectivity index is 1.30. The van der Waals surface area contributed by atoms with E-state index in [9.17, 15) is 0 Å². The lowest BCUT2D eigenvalue weighted by atomic mass is 9.94. The summed E-state index contributed by atoms with van der Waals surface area (Å²) in [6, 6.07) is 5.12. The second-order valence-corrected chi connectivity index (χ2v) is 10.3. The van der Waals surface area contributed by atoms with E-state index in [1.165, 1.54) is 75.9 Å². The number of piperidine rings is 1. The molecule has 1 unspecified atom stereocenters. The Bertz CT molecular complexity index is 546. The van der Waals surface area contributed by atoms with Gasteiger partial charge in [-0.2, -0.15) is 0 Å². The molecule has 1 saturated carbocycles. The smallest absolute Gasteiger partial charge is 0.0931 e. The van der Waals surface area contributed by atoms with Crippen LogP contribution < -0.4 is 0 Å². The monoisotopic (exact) mass is 396 g/mol. The van der Waals surface area contributed by atoms with E-state index >= 15 is 0 Å². The van der Waals surface area contributed by atoms with Crippen molar-refractivity contribution in [2.24, 2.45) is 5.92 Å². The van der Waals surface area contributed by atoms with Gasteiger partial charge in [0, 0.05) is 37.2 Å². The number of halogens is 1. The van der Waals surface area contributed by atoms with E-state index in [0.717, 1.165) is 36.0 Å². The zero-order valence-corrected chi connectivity index (χ0v) is 17.4. The van der Waals surface area contributed by atoms with E-state index in [4.69, 9.17) is 16.3 Å². The van der Waals surface area contributed by atoms with E-state index in [0.29, 0.717) is 6.10 Å². The molecular weight excluding hydrogens is 364 g/mol. The van der Waals surface area contributed by atoms with Crippen LogP contribution in [0.15, 0.2) is 12.1 Å². The zero-order chi connectivity index (χ0) is 17.8. The lowest BCUT2D eigenvalue weighted by Crippen LogP contribution is -2.43. The molecule has 3 aliphatic rings. The molecule has 1 aromatic rings. The maximum absolute atomic E-state index is 6.15. The first-order chi connectivity index (χ1) is 12.8. The number of hydrogen-bond acceptors (Lipinski definition) is 4. The van der Waals surface area contributed by atoms with Crippen molar-refractivity contribution in [2.75, 3.05) is 32.8 Å². The number of nitrogens with zero attached hydrogens (tertiary/aromatic N) is 2. The lowest BCUT2D eigenvalue weighted by molar-refractivity contribution is 0.0544. The van der Waals surface area contributed by atoms with Gasteiger partial charge in [0.25, 0.3) is 0 Å². The molecule has 2 saturated heterocycles. The van der Waals surface area contributed by atoms with Crippen LogP contribution in [0.3, 0.4) is 0 Å². The number of likely N-dealkylation sites (tertiary alicyclic amines) is 1. The minimum absolute atomic E-state index is 0.434. The second kappa shape index (κ2) is 9.38. The molecule has 0 bridgehead atoms. The van der Waals surface area contributed by atoms with Crippen LogP contribution in [0.4, 0.5) is 0 Å². The molecular formula is C21H33ClN2OS. The third-order valence-corrected chi connectivity index (χ3v) is 7.72. The Morgan fingerprint density at radius 3 is 2.50 bits per heavy atom. The van der Waals surface area contributed by atoms with E-state index < -0.39 is 0 Å². The fourth-order valence-electron chi connectivity index (χ4n) is 5.07. The first kappa shape index (κ1) is 19.2. The van der Waals surface area contributed by atoms with Gasteiger partial charge in [0.05, 0.1) is 10.4 Å². The fourth-order valence-corrected chi connectivity index (χ4v) is 6.20. The Morgan fingerprint density at radius 1 is 1.04 bits per heavy atom. The van der Waals surface area contributed by atoms with Crippen LogP contribution >= 0.6 is 22.9 Å². The normalized spacial score (nSPS) is 26.3. The van der Waals surface area contributed by atoms with E-state index in [-0.39, 0.29) is 0 Å². The van der Waals surface area contributed by atoms with Gasteiger partial charge in [0.2, 0.25) is 0 Å². The van der Waals surface area contributed by atoms with E-state index in [1.807, 2.05) is 6.07 Å². The molecule has 0 amide bonds. The average Bonchev–Trinajstić information content (AvgIpc) is 3.39. The van der Waals surface area contributed by atoms with Gasteiger partial charge in [0.15, 0.2) is 0 Å². The predicted octanol–water partition coefficient (Wildman–Crippen LogP) is 5.04. The Labute approximate surface area is 167 Å². The maximum Gasteiger partial charge on any atom is 0.0931 e. The first-order valence-corrected chi connectivity index (χ1v) is 11.8. The molecule has 1 aromatic heterocycles. The molecule has 3 heterocycles. The largest absolute Gasteiger partial charge is 0.377 e. The topological polar surface area (TPSA) is 15.7 Å². The van der Waals surface area contributed by atoms with Gasteiger partial charge in [-0.15, -0.1) is 11.3 Å². The number of thiophene rings is 1. The van der Waals surface area contributed by atoms with Crippen LogP contribution in [0.25, 0.3) is 0 Å². The summed E-state index contributed by atoms with van der Waals surface area (Å²) in [6.45, 7) is 6.90. The molecule has 1 aliphatic carbocycles. The van der Waals surface area contributed by atoms with Crippen molar-refractivity contribution in [3.05, 3.63) is 21.3 Å². The summed E-state index contributed by atoms with van der Waals surface area (Å²) in [5, 5.41) is 0. The van der Waals surface area contributed by atoms with Gasteiger partial charge in [-0.1, -0.05) is 24.4 Å². The second-order valence-electron chi connectivity index (χ2n) is 8.45. The van der Waals surface area contributed by atoms with Crippen molar-refractivity contribution in [3.63, 3.8) is 0 Å². The van der Waals surface area contributed by atoms with Crippen molar-refractivity contribution in [3.8, 4) is 0 Å². The molecule has 5 heteroatoms. The van der Waals surface area contributed by atoms with Crippen LogP contribution in [0.5, 0.6) is 0 Å². The van der Waals surface area contributed by atoms with Crippen molar-refractivity contribution < 1.29 is 4.74 Å². The van der Waals surface area contributed by atoms with Crippen LogP contribution in [0.1, 0.15) is 56.2 Å². The van der Waals surface area contributed by atoms with E-state index in [2.05, 4.69) is 15.9 Å². The molecule has 146 valence electrons. The highest BCUT2D eigenvalue weighted by molar-refractivity contribution is 7.16. The minimum Gasteiger partial charge on any atom is -0.377 e. The highest BCUT2D eigenvalue weighted by atomic mass is 35.5. The summed E-state index contributed by atoms with van der Waals surface area (Å²) in [5.74, 6) is 0.837. The summed E-state index contributed by atoms with van der Waals surface area (Å²) in [5.41, 5.74) is 0. The van der Waals surface area contributed by atoms with Crippen molar-refractivity contribution >= 4 is 22.9 Å². The summed E-state index contributed by atoms with van der Waals surface area (Å²) >= 11 is 7.88. The minimum atomic E-state index is 0.434. The van der Waals surface area contributed by atoms with Crippen molar-refractivity contribution in [1.82, 2.24) is 9.80 Å². The number of rotatable bonds is 7. The molecule has 0 aromatic carbocycles. The summed E-state index contributed by atoms with van der Waals surface area (Å²) in [6.07, 6.45) is 11.4. The molecule has 0 N–H and O–H groups in total. The quantitative estimate of drug-likeness (QED) is 0.642. The molecule has 0 radical (unpaired) electrons. The summed E-state index contributed by atoms with van der Waals surface area (Å²) < 4.78 is 6.83. The Morgan fingerprint density at radius 2 is 1.85 bits per heavy atom. The highest BCUT2D eigenvalue weighted by Gasteiger charge is 2.29. The maximum atomic E-state index is 6.15. The number of hydrogen-bond donors (Lipinski definition) is 0. The Kier molecular flexibility index (Phi) is 6.93. The Hall–Kier alpha value is -0.130. The predicted molar refractivity (Wildman–Crippen MR) is 110 cm³/mol. The third kappa shape index (κ3) is 5.23. The highest BCUT2D eigenvalue weighted by Crippen LogP contribution is 2.29. The molecule has 4 rings (SSSR count). The third-order valence-electron chi connectivity index (χ3n) is 6.50. The molecule has 0 spiro atoms. The van der Waals surface area contributed by atoms with Gasteiger partial charge in [-0.25, -0.2) is 0 Å². The van der Waals surface area contributed by atoms with Gasteiger partial charge >= 0.3 is 0 Å². The van der Waals surface area contributed by atoms with Crippen LogP contribution in [0, 0.1) is 5.92 Å². The molecule has 26 heavy (non-hydrogen) atoms. The summed E-state index contributed by atoms with van der Waals surface area (Å²) in [4.78, 5) is 6.82. The van der Waals surface area contributed by atoms with Crippen LogP contribution in [-0.4, -0.2) is 54.7 Å². The molecule has 2 aliphatic heterocycles. The first-order valence-electron chi connectivity index (χ1n) is 10.6. The van der Waals surface area contributed by atoms with Crippen molar-refractivity contribution in [2.45, 2.75) is 70.1 Å². The van der Waals surface area contributed by atoms with Gasteiger partial charge < -0.3 is 9.64 Å². The summed E-state index contributed by atoms with van der Waals surface area (Å²) in [7, 11) is 0. The standard InChI is InChI=1S/C21H33ClN2OS/c22-21-8-7-20(26-21)16-23(15-19-6-3-13-25-19)14-17-9-11-24(12-10-17)18-4-1-2-5-18/h7-8,17-19H,1-6,9-16H2. The lowest BCUT2D eigenvalue weighted by Gasteiger charge is -2.38. The van der Waals surface area contributed by atoms with Crippen LogP contribution in [-0.2, 0) is 11.3 Å². The van der Waals surface area contributed by atoms with Gasteiger partial charge in [-0.3, -0.25) is 4.90 Å². The van der Waals surface area contributed by atoms with E-state index in [1.54, 1.807) is 11.3 Å².